The molecule has 0 saturated carbocycles. The summed E-state index contributed by atoms with van der Waals surface area (Å²) in [6, 6.07) is 22.6. The SMILES string of the molecule is Cc1ccc2cc(CN(Cc3ccc(F)cc3)C(=O)c3ccccc3)c(=O)[nH]c2c1. The molecule has 0 radical (unpaired) electrons. The van der Waals surface area contributed by atoms with Gasteiger partial charge in [-0.15, -0.1) is 0 Å². The highest BCUT2D eigenvalue weighted by Gasteiger charge is 2.18. The highest BCUT2D eigenvalue weighted by molar-refractivity contribution is 5.94. The summed E-state index contributed by atoms with van der Waals surface area (Å²) in [6.07, 6.45) is 0. The fourth-order valence-corrected chi connectivity index (χ4v) is 3.46. The number of carbonyl (C=O) groups excluding carboxylic acids is 1. The number of aromatic nitrogens is 1. The van der Waals surface area contributed by atoms with Crippen LogP contribution in [0.3, 0.4) is 0 Å². The first kappa shape index (κ1) is 19.6. The number of rotatable bonds is 5. The molecular weight excluding hydrogens is 379 g/mol. The Hall–Kier alpha value is -3.73. The minimum absolute atomic E-state index is 0.143. The summed E-state index contributed by atoms with van der Waals surface area (Å²) in [5.41, 5.74) is 3.42. The average Bonchev–Trinajstić information content (AvgIpc) is 2.75. The predicted molar refractivity (Wildman–Crippen MR) is 116 cm³/mol. The van der Waals surface area contributed by atoms with Crippen LogP contribution in [0.15, 0.2) is 83.7 Å². The summed E-state index contributed by atoms with van der Waals surface area (Å²) < 4.78 is 13.3. The normalized spacial score (nSPS) is 10.9. The van der Waals surface area contributed by atoms with E-state index in [1.54, 1.807) is 41.3 Å². The lowest BCUT2D eigenvalue weighted by Crippen LogP contribution is -2.32. The molecule has 0 fully saturated rings. The maximum absolute atomic E-state index is 13.3. The molecule has 4 aromatic rings. The van der Waals surface area contributed by atoms with Crippen molar-refractivity contribution in [2.75, 3.05) is 0 Å². The van der Waals surface area contributed by atoms with Crippen molar-refractivity contribution in [1.82, 2.24) is 9.88 Å². The highest BCUT2D eigenvalue weighted by atomic mass is 19.1. The first-order valence-electron chi connectivity index (χ1n) is 9.71. The van der Waals surface area contributed by atoms with E-state index in [0.29, 0.717) is 11.1 Å². The molecule has 0 unspecified atom stereocenters. The number of fused-ring (bicyclic) bond motifs is 1. The van der Waals surface area contributed by atoms with Crippen molar-refractivity contribution >= 4 is 16.8 Å². The van der Waals surface area contributed by atoms with Crippen LogP contribution in [0, 0.1) is 12.7 Å². The third-order valence-corrected chi connectivity index (χ3v) is 5.03. The number of halogens is 1. The van der Waals surface area contributed by atoms with Gasteiger partial charge >= 0.3 is 0 Å². The van der Waals surface area contributed by atoms with Gasteiger partial charge in [-0.2, -0.15) is 0 Å². The second kappa shape index (κ2) is 8.33. The standard InChI is InChI=1S/C25H21FN2O2/c1-17-7-10-20-14-21(24(29)27-23(20)13-17)16-28(15-18-8-11-22(26)12-9-18)25(30)19-5-3-2-4-6-19/h2-14H,15-16H2,1H3,(H,27,29). The molecule has 0 aliphatic heterocycles. The van der Waals surface area contributed by atoms with Crippen molar-refractivity contribution in [2.24, 2.45) is 0 Å². The zero-order valence-corrected chi connectivity index (χ0v) is 16.6. The third kappa shape index (κ3) is 4.30. The summed E-state index contributed by atoms with van der Waals surface area (Å²) in [5, 5.41) is 0.907. The van der Waals surface area contributed by atoms with E-state index in [9.17, 15) is 14.0 Å². The lowest BCUT2D eigenvalue weighted by atomic mass is 10.1. The number of nitrogens with one attached hydrogen (secondary N) is 1. The molecule has 3 aromatic carbocycles. The molecule has 4 rings (SSSR count). The second-order valence-electron chi connectivity index (χ2n) is 7.37. The van der Waals surface area contributed by atoms with Gasteiger partial charge in [0.25, 0.3) is 11.5 Å². The molecule has 1 aromatic heterocycles. The van der Waals surface area contributed by atoms with Gasteiger partial charge < -0.3 is 9.88 Å². The number of aryl methyl sites for hydroxylation is 1. The van der Waals surface area contributed by atoms with Crippen molar-refractivity contribution in [3.63, 3.8) is 0 Å². The van der Waals surface area contributed by atoms with Crippen molar-refractivity contribution < 1.29 is 9.18 Å². The van der Waals surface area contributed by atoms with Gasteiger partial charge in [0.15, 0.2) is 0 Å². The summed E-state index contributed by atoms with van der Waals surface area (Å²) in [4.78, 5) is 30.4. The first-order valence-corrected chi connectivity index (χ1v) is 9.71. The van der Waals surface area contributed by atoms with E-state index < -0.39 is 0 Å². The Bertz CT molecular complexity index is 1250. The number of aromatic amines is 1. The third-order valence-electron chi connectivity index (χ3n) is 5.03. The summed E-state index contributed by atoms with van der Waals surface area (Å²) >= 11 is 0. The lowest BCUT2D eigenvalue weighted by molar-refractivity contribution is 0.0729. The number of nitrogens with zero attached hydrogens (tertiary/aromatic N) is 1. The van der Waals surface area contributed by atoms with E-state index in [4.69, 9.17) is 0 Å². The Morgan fingerprint density at radius 2 is 1.67 bits per heavy atom. The van der Waals surface area contributed by atoms with Crippen LogP contribution in [-0.4, -0.2) is 15.8 Å². The van der Waals surface area contributed by atoms with E-state index >= 15 is 0 Å². The monoisotopic (exact) mass is 400 g/mol. The van der Waals surface area contributed by atoms with Crippen LogP contribution in [-0.2, 0) is 13.1 Å². The second-order valence-corrected chi connectivity index (χ2v) is 7.37. The van der Waals surface area contributed by atoms with Crippen molar-refractivity contribution in [3.05, 3.63) is 117 Å². The van der Waals surface area contributed by atoms with Crippen LogP contribution in [0.1, 0.15) is 27.0 Å². The van der Waals surface area contributed by atoms with Gasteiger partial charge in [0.1, 0.15) is 5.82 Å². The van der Waals surface area contributed by atoms with E-state index in [-0.39, 0.29) is 30.4 Å². The fraction of sp³-hybridized carbons (Fsp3) is 0.120. The zero-order chi connectivity index (χ0) is 21.1. The summed E-state index contributed by atoms with van der Waals surface area (Å²) in [5.74, 6) is -0.524. The zero-order valence-electron chi connectivity index (χ0n) is 16.6. The molecule has 0 spiro atoms. The van der Waals surface area contributed by atoms with Gasteiger partial charge in [0.05, 0.1) is 6.54 Å². The summed E-state index contributed by atoms with van der Waals surface area (Å²) in [6.45, 7) is 2.37. The Kier molecular flexibility index (Phi) is 5.44. The molecule has 0 bridgehead atoms. The van der Waals surface area contributed by atoms with Crippen molar-refractivity contribution in [2.45, 2.75) is 20.0 Å². The van der Waals surface area contributed by atoms with Crippen LogP contribution < -0.4 is 5.56 Å². The van der Waals surface area contributed by atoms with E-state index in [0.717, 1.165) is 22.0 Å². The molecule has 1 heterocycles. The Balaban J connectivity index is 1.70. The van der Waals surface area contributed by atoms with Crippen LogP contribution in [0.25, 0.3) is 10.9 Å². The maximum Gasteiger partial charge on any atom is 0.254 e. The molecule has 0 aliphatic rings. The molecule has 5 heteroatoms. The molecule has 4 nitrogen and oxygen atoms in total. The quantitative estimate of drug-likeness (QED) is 0.522. The van der Waals surface area contributed by atoms with Gasteiger partial charge in [-0.3, -0.25) is 9.59 Å². The minimum Gasteiger partial charge on any atom is -0.330 e. The van der Waals surface area contributed by atoms with E-state index in [2.05, 4.69) is 4.98 Å². The van der Waals surface area contributed by atoms with Gasteiger partial charge in [0.2, 0.25) is 0 Å². The number of carbonyl (C=O) groups is 1. The largest absolute Gasteiger partial charge is 0.330 e. The van der Waals surface area contributed by atoms with Gasteiger partial charge in [-0.1, -0.05) is 42.5 Å². The fourth-order valence-electron chi connectivity index (χ4n) is 3.46. The van der Waals surface area contributed by atoms with Crippen LogP contribution >= 0.6 is 0 Å². The number of benzene rings is 3. The van der Waals surface area contributed by atoms with Crippen LogP contribution in [0.5, 0.6) is 0 Å². The number of hydrogen-bond donors (Lipinski definition) is 1. The Morgan fingerprint density at radius 1 is 0.933 bits per heavy atom. The van der Waals surface area contributed by atoms with Gasteiger partial charge in [-0.05, 0) is 59.8 Å². The molecule has 0 aliphatic carbocycles. The van der Waals surface area contributed by atoms with Crippen LogP contribution in [0.2, 0.25) is 0 Å². The number of H-pyrrole nitrogens is 1. The van der Waals surface area contributed by atoms with E-state index in [1.165, 1.54) is 12.1 Å². The van der Waals surface area contributed by atoms with Gasteiger partial charge in [0, 0.05) is 23.2 Å². The smallest absolute Gasteiger partial charge is 0.254 e. The molecule has 30 heavy (non-hydrogen) atoms. The van der Waals surface area contributed by atoms with Gasteiger partial charge in [-0.25, -0.2) is 4.39 Å². The topological polar surface area (TPSA) is 53.2 Å². The molecular formula is C25H21FN2O2. The lowest BCUT2D eigenvalue weighted by Gasteiger charge is -2.23. The molecule has 150 valence electrons. The molecule has 0 saturated heterocycles. The molecule has 1 N–H and O–H groups in total. The van der Waals surface area contributed by atoms with E-state index in [1.807, 2.05) is 37.3 Å². The summed E-state index contributed by atoms with van der Waals surface area (Å²) in [7, 11) is 0. The maximum atomic E-state index is 13.3. The first-order chi connectivity index (χ1) is 14.5. The predicted octanol–water partition coefficient (Wildman–Crippen LogP) is 4.82. The number of amides is 1. The molecule has 1 amide bonds. The highest BCUT2D eigenvalue weighted by Crippen LogP contribution is 2.17. The Labute approximate surface area is 173 Å². The average molecular weight is 400 g/mol. The Morgan fingerprint density at radius 3 is 2.40 bits per heavy atom. The number of hydrogen-bond acceptors (Lipinski definition) is 2. The minimum atomic E-state index is -0.332. The van der Waals surface area contributed by atoms with Crippen LogP contribution in [0.4, 0.5) is 4.39 Å². The molecule has 0 atom stereocenters. The van der Waals surface area contributed by atoms with Crippen molar-refractivity contribution in [3.8, 4) is 0 Å². The number of pyridine rings is 1. The van der Waals surface area contributed by atoms with Crippen molar-refractivity contribution in [1.29, 1.82) is 0 Å².